The van der Waals surface area contributed by atoms with Crippen molar-refractivity contribution in [2.75, 3.05) is 21.3 Å². The summed E-state index contributed by atoms with van der Waals surface area (Å²) < 4.78 is 34.0. The minimum Gasteiger partial charge on any atom is -0.493 e. The van der Waals surface area contributed by atoms with E-state index in [1.807, 2.05) is 0 Å². The highest BCUT2D eigenvalue weighted by molar-refractivity contribution is 5.91. The third kappa shape index (κ3) is 3.76. The third-order valence-electron chi connectivity index (χ3n) is 3.52. The van der Waals surface area contributed by atoms with Crippen molar-refractivity contribution in [3.63, 3.8) is 0 Å². The largest absolute Gasteiger partial charge is 0.493 e. The summed E-state index contributed by atoms with van der Waals surface area (Å²) in [6.45, 7) is 1.71. The average Bonchev–Trinajstić information content (AvgIpc) is 2.60. The molecular formula is C18H19FO5. The van der Waals surface area contributed by atoms with E-state index in [0.717, 1.165) is 0 Å². The number of hydrogen-bond acceptors (Lipinski definition) is 5. The first-order chi connectivity index (χ1) is 11.5. The van der Waals surface area contributed by atoms with Gasteiger partial charge in [-0.3, -0.25) is 0 Å². The monoisotopic (exact) mass is 334 g/mol. The van der Waals surface area contributed by atoms with Gasteiger partial charge in [0, 0.05) is 0 Å². The molecule has 0 saturated heterocycles. The smallest absolute Gasteiger partial charge is 0.339 e. The molecule has 0 saturated carbocycles. The molecule has 24 heavy (non-hydrogen) atoms. The summed E-state index contributed by atoms with van der Waals surface area (Å²) in [7, 11) is 4.41. The highest BCUT2D eigenvalue weighted by atomic mass is 19.1. The Labute approximate surface area is 139 Å². The predicted octanol–water partition coefficient (Wildman–Crippen LogP) is 3.77. The van der Waals surface area contributed by atoms with Gasteiger partial charge in [-0.1, -0.05) is 12.1 Å². The molecule has 0 amide bonds. The topological polar surface area (TPSA) is 54.0 Å². The molecule has 0 N–H and O–H groups in total. The van der Waals surface area contributed by atoms with E-state index < -0.39 is 12.1 Å². The second-order valence-electron chi connectivity index (χ2n) is 5.01. The predicted molar refractivity (Wildman–Crippen MR) is 86.3 cm³/mol. The molecule has 1 atom stereocenters. The van der Waals surface area contributed by atoms with Crippen LogP contribution in [0.4, 0.5) is 4.39 Å². The molecule has 2 aromatic rings. The average molecular weight is 334 g/mol. The second-order valence-corrected chi connectivity index (χ2v) is 5.01. The number of methoxy groups -OCH3 is 3. The van der Waals surface area contributed by atoms with Gasteiger partial charge in [-0.2, -0.15) is 0 Å². The molecule has 2 aromatic carbocycles. The molecule has 5 nitrogen and oxygen atoms in total. The van der Waals surface area contributed by atoms with Gasteiger partial charge in [0.15, 0.2) is 11.5 Å². The quantitative estimate of drug-likeness (QED) is 0.753. The summed E-state index contributed by atoms with van der Waals surface area (Å²) in [4.78, 5) is 12.4. The highest BCUT2D eigenvalue weighted by Gasteiger charge is 2.20. The van der Waals surface area contributed by atoms with Crippen molar-refractivity contribution >= 4 is 5.97 Å². The number of carbonyl (C=O) groups is 1. The molecule has 1 unspecified atom stereocenters. The van der Waals surface area contributed by atoms with Gasteiger partial charge in [0.1, 0.15) is 11.9 Å². The standard InChI is InChI=1S/C18H19FO5/c1-11(12-5-7-14(19)8-6-12)24-18(20)13-9-15(21-2)17(23-4)16(10-13)22-3/h5-11H,1-4H3. The van der Waals surface area contributed by atoms with E-state index in [2.05, 4.69) is 0 Å². The van der Waals surface area contributed by atoms with Crippen molar-refractivity contribution in [3.05, 3.63) is 53.3 Å². The van der Waals surface area contributed by atoms with E-state index in [0.29, 0.717) is 22.8 Å². The van der Waals surface area contributed by atoms with Crippen molar-refractivity contribution in [2.45, 2.75) is 13.0 Å². The van der Waals surface area contributed by atoms with E-state index in [4.69, 9.17) is 18.9 Å². The zero-order valence-electron chi connectivity index (χ0n) is 14.0. The van der Waals surface area contributed by atoms with Gasteiger partial charge in [0.2, 0.25) is 5.75 Å². The van der Waals surface area contributed by atoms with Crippen molar-refractivity contribution in [1.29, 1.82) is 0 Å². The molecule has 0 aliphatic carbocycles. The Kier molecular flexibility index (Phi) is 5.63. The molecule has 128 valence electrons. The summed E-state index contributed by atoms with van der Waals surface area (Å²) in [5.41, 5.74) is 0.954. The van der Waals surface area contributed by atoms with Crippen molar-refractivity contribution < 1.29 is 28.1 Å². The van der Waals surface area contributed by atoms with Crippen molar-refractivity contribution in [2.24, 2.45) is 0 Å². The Morgan fingerprint density at radius 1 is 0.958 bits per heavy atom. The number of rotatable bonds is 6. The Morgan fingerprint density at radius 2 is 1.50 bits per heavy atom. The number of carbonyl (C=O) groups excluding carboxylic acids is 1. The summed E-state index contributed by atoms with van der Waals surface area (Å²) in [5.74, 6) is 0.215. The van der Waals surface area contributed by atoms with Crippen LogP contribution in [0.1, 0.15) is 28.9 Å². The zero-order chi connectivity index (χ0) is 17.7. The fourth-order valence-corrected chi connectivity index (χ4v) is 2.23. The molecule has 2 rings (SSSR count). The van der Waals surface area contributed by atoms with E-state index in [1.165, 1.54) is 45.6 Å². The van der Waals surface area contributed by atoms with E-state index in [-0.39, 0.29) is 11.4 Å². The molecule has 0 aliphatic heterocycles. The molecule has 0 aromatic heterocycles. The van der Waals surface area contributed by atoms with Gasteiger partial charge in [-0.25, -0.2) is 9.18 Å². The maximum Gasteiger partial charge on any atom is 0.339 e. The summed E-state index contributed by atoms with van der Waals surface area (Å²) in [6.07, 6.45) is -0.530. The van der Waals surface area contributed by atoms with Gasteiger partial charge in [0.25, 0.3) is 0 Å². The highest BCUT2D eigenvalue weighted by Crippen LogP contribution is 2.38. The lowest BCUT2D eigenvalue weighted by Gasteiger charge is -2.16. The van der Waals surface area contributed by atoms with Crippen molar-refractivity contribution in [3.8, 4) is 17.2 Å². The van der Waals surface area contributed by atoms with Gasteiger partial charge in [-0.05, 0) is 36.8 Å². The summed E-state index contributed by atoms with van der Waals surface area (Å²) in [6, 6.07) is 8.81. The second kappa shape index (κ2) is 7.68. The van der Waals surface area contributed by atoms with Gasteiger partial charge in [-0.15, -0.1) is 0 Å². The van der Waals surface area contributed by atoms with Crippen LogP contribution in [0.5, 0.6) is 17.2 Å². The molecule has 0 spiro atoms. The van der Waals surface area contributed by atoms with E-state index in [9.17, 15) is 9.18 Å². The Bertz CT molecular complexity index is 687. The number of benzene rings is 2. The first-order valence-corrected chi connectivity index (χ1v) is 7.26. The third-order valence-corrected chi connectivity index (χ3v) is 3.52. The van der Waals surface area contributed by atoms with E-state index in [1.54, 1.807) is 19.1 Å². The Morgan fingerprint density at radius 3 is 1.96 bits per heavy atom. The zero-order valence-corrected chi connectivity index (χ0v) is 14.0. The molecule has 0 fully saturated rings. The van der Waals surface area contributed by atoms with Crippen LogP contribution in [-0.4, -0.2) is 27.3 Å². The number of hydrogen-bond donors (Lipinski definition) is 0. The van der Waals surface area contributed by atoms with Crippen LogP contribution in [0.25, 0.3) is 0 Å². The van der Waals surface area contributed by atoms with Gasteiger partial charge in [0.05, 0.1) is 26.9 Å². The fraction of sp³-hybridized carbons (Fsp3) is 0.278. The van der Waals surface area contributed by atoms with E-state index >= 15 is 0 Å². The summed E-state index contributed by atoms with van der Waals surface area (Å²) >= 11 is 0. The molecule has 6 heteroatoms. The van der Waals surface area contributed by atoms with Crippen LogP contribution in [-0.2, 0) is 4.74 Å². The minimum atomic E-state index is -0.550. The van der Waals surface area contributed by atoms with Crippen LogP contribution >= 0.6 is 0 Å². The summed E-state index contributed by atoms with van der Waals surface area (Å²) in [5, 5.41) is 0. The molecule has 0 heterocycles. The Hall–Kier alpha value is -2.76. The number of ether oxygens (including phenoxy) is 4. The minimum absolute atomic E-state index is 0.262. The first-order valence-electron chi connectivity index (χ1n) is 7.26. The normalized spacial score (nSPS) is 11.5. The lowest BCUT2D eigenvalue weighted by molar-refractivity contribution is 0.0337. The molecule has 0 radical (unpaired) electrons. The van der Waals surface area contributed by atoms with Crippen LogP contribution in [0.15, 0.2) is 36.4 Å². The molecular weight excluding hydrogens is 315 g/mol. The lowest BCUT2D eigenvalue weighted by Crippen LogP contribution is -2.10. The molecule has 0 aliphatic rings. The Balaban J connectivity index is 2.24. The van der Waals surface area contributed by atoms with Crippen LogP contribution < -0.4 is 14.2 Å². The first kappa shape index (κ1) is 17.6. The maximum atomic E-state index is 13.0. The SMILES string of the molecule is COc1cc(C(=O)OC(C)c2ccc(F)cc2)cc(OC)c1OC. The van der Waals surface area contributed by atoms with Gasteiger partial charge < -0.3 is 18.9 Å². The van der Waals surface area contributed by atoms with Gasteiger partial charge >= 0.3 is 5.97 Å². The molecule has 0 bridgehead atoms. The maximum absolute atomic E-state index is 13.0. The number of esters is 1. The van der Waals surface area contributed by atoms with Crippen molar-refractivity contribution in [1.82, 2.24) is 0 Å². The van der Waals surface area contributed by atoms with Crippen LogP contribution in [0.2, 0.25) is 0 Å². The lowest BCUT2D eigenvalue weighted by atomic mass is 10.1. The number of halogens is 1. The van der Waals surface area contributed by atoms with Crippen LogP contribution in [0.3, 0.4) is 0 Å². The van der Waals surface area contributed by atoms with Crippen LogP contribution in [0, 0.1) is 5.82 Å². The fourth-order valence-electron chi connectivity index (χ4n) is 2.23.